The quantitative estimate of drug-likeness (QED) is 0.307. The Kier molecular flexibility index (Phi) is 4.11. The van der Waals surface area contributed by atoms with Crippen LogP contribution in [0.25, 0.3) is 11.8 Å². The number of hydrogen-bond donors (Lipinski definition) is 1. The van der Waals surface area contributed by atoms with E-state index in [1.807, 2.05) is 6.07 Å². The third kappa shape index (κ3) is 3.13. The highest BCUT2D eigenvalue weighted by Crippen LogP contribution is 2.20. The van der Waals surface area contributed by atoms with Gasteiger partial charge in [-0.05, 0) is 24.3 Å². The Labute approximate surface area is 125 Å². The van der Waals surface area contributed by atoms with Crippen molar-refractivity contribution in [3.63, 3.8) is 0 Å². The van der Waals surface area contributed by atoms with Gasteiger partial charge in [0, 0.05) is 24.0 Å². The smallest absolute Gasteiger partial charge is 0.271 e. The minimum Gasteiger partial charge on any atom is -0.389 e. The van der Waals surface area contributed by atoms with Gasteiger partial charge in [-0.2, -0.15) is 5.26 Å². The zero-order valence-electron chi connectivity index (χ0n) is 10.8. The summed E-state index contributed by atoms with van der Waals surface area (Å²) in [4.78, 5) is 10.4. The van der Waals surface area contributed by atoms with E-state index in [9.17, 15) is 10.1 Å². The number of rotatable bonds is 4. The molecule has 0 aliphatic carbocycles. The summed E-state index contributed by atoms with van der Waals surface area (Å²) in [6, 6.07) is 11.6. The molecule has 2 aromatic rings. The molecule has 1 aromatic carbocycles. The van der Waals surface area contributed by atoms with Crippen LogP contribution in [0.5, 0.6) is 0 Å². The standard InChI is InChI=1S/C14H10N4O2S/c15-9-10(14(16)21)7-11-5-2-6-17(11)12-3-1-4-13(8-12)18(19)20/h1-8H,(H2,16,21)/b10-7-. The van der Waals surface area contributed by atoms with Crippen LogP contribution in [0.3, 0.4) is 0 Å². The van der Waals surface area contributed by atoms with Crippen molar-refractivity contribution >= 4 is 29.0 Å². The molecule has 7 heteroatoms. The fourth-order valence-electron chi connectivity index (χ4n) is 1.81. The van der Waals surface area contributed by atoms with E-state index in [4.69, 9.17) is 23.2 Å². The van der Waals surface area contributed by atoms with E-state index in [1.165, 1.54) is 12.1 Å². The van der Waals surface area contributed by atoms with Crippen LogP contribution in [0.2, 0.25) is 0 Å². The lowest BCUT2D eigenvalue weighted by atomic mass is 10.2. The maximum absolute atomic E-state index is 10.8. The summed E-state index contributed by atoms with van der Waals surface area (Å²) in [5.41, 5.74) is 6.89. The van der Waals surface area contributed by atoms with Crippen LogP contribution in [-0.2, 0) is 0 Å². The predicted octanol–water partition coefficient (Wildman–Crippen LogP) is 2.58. The normalized spacial score (nSPS) is 10.9. The Balaban J connectivity index is 2.51. The molecule has 0 saturated heterocycles. The van der Waals surface area contributed by atoms with Gasteiger partial charge in [0.1, 0.15) is 11.1 Å². The Bertz CT molecular complexity index is 786. The SMILES string of the molecule is N#C/C(=C/c1cccn1-c1cccc([N+](=O)[O-])c1)C(N)=S. The molecule has 2 N–H and O–H groups in total. The number of nitrogens with zero attached hydrogens (tertiary/aromatic N) is 3. The van der Waals surface area contributed by atoms with Crippen molar-refractivity contribution in [3.05, 3.63) is 64.0 Å². The molecule has 6 nitrogen and oxygen atoms in total. The Morgan fingerprint density at radius 3 is 2.81 bits per heavy atom. The van der Waals surface area contributed by atoms with Crippen LogP contribution in [0.4, 0.5) is 5.69 Å². The molecule has 1 aromatic heterocycles. The number of aromatic nitrogens is 1. The number of thiocarbonyl (C=S) groups is 1. The van der Waals surface area contributed by atoms with Crippen molar-refractivity contribution in [1.82, 2.24) is 4.57 Å². The van der Waals surface area contributed by atoms with Gasteiger partial charge in [0.15, 0.2) is 0 Å². The topological polar surface area (TPSA) is 97.9 Å². The minimum absolute atomic E-state index is 0.00397. The zero-order chi connectivity index (χ0) is 15.4. The molecule has 21 heavy (non-hydrogen) atoms. The Hall–Kier alpha value is -2.98. The van der Waals surface area contributed by atoms with Gasteiger partial charge < -0.3 is 10.3 Å². The Morgan fingerprint density at radius 2 is 2.19 bits per heavy atom. The van der Waals surface area contributed by atoms with E-state index in [0.29, 0.717) is 11.4 Å². The van der Waals surface area contributed by atoms with Gasteiger partial charge in [0.25, 0.3) is 5.69 Å². The molecule has 1 heterocycles. The summed E-state index contributed by atoms with van der Waals surface area (Å²) in [5.74, 6) is 0. The molecular weight excluding hydrogens is 288 g/mol. The van der Waals surface area contributed by atoms with Gasteiger partial charge in [-0.15, -0.1) is 0 Å². The van der Waals surface area contributed by atoms with Crippen molar-refractivity contribution in [3.8, 4) is 11.8 Å². The number of nitro benzene ring substituents is 1. The molecule has 2 rings (SSSR count). The second-order valence-electron chi connectivity index (χ2n) is 4.11. The summed E-state index contributed by atoms with van der Waals surface area (Å²) >= 11 is 4.79. The number of benzene rings is 1. The highest BCUT2D eigenvalue weighted by Gasteiger charge is 2.09. The second-order valence-corrected chi connectivity index (χ2v) is 4.55. The van der Waals surface area contributed by atoms with Crippen molar-refractivity contribution in [2.45, 2.75) is 0 Å². The first-order chi connectivity index (χ1) is 10.0. The molecule has 104 valence electrons. The third-order valence-corrected chi connectivity index (χ3v) is 3.00. The molecule has 0 spiro atoms. The first-order valence-electron chi connectivity index (χ1n) is 5.86. The number of nitrogens with two attached hydrogens (primary N) is 1. The van der Waals surface area contributed by atoms with Gasteiger partial charge in [-0.25, -0.2) is 0 Å². The lowest BCUT2D eigenvalue weighted by molar-refractivity contribution is -0.384. The summed E-state index contributed by atoms with van der Waals surface area (Å²) < 4.78 is 1.71. The van der Waals surface area contributed by atoms with Gasteiger partial charge >= 0.3 is 0 Å². The van der Waals surface area contributed by atoms with Crippen molar-refractivity contribution in [1.29, 1.82) is 5.26 Å². The average Bonchev–Trinajstić information content (AvgIpc) is 2.92. The largest absolute Gasteiger partial charge is 0.389 e. The highest BCUT2D eigenvalue weighted by atomic mass is 32.1. The van der Waals surface area contributed by atoms with Crippen LogP contribution < -0.4 is 5.73 Å². The summed E-state index contributed by atoms with van der Waals surface area (Å²) in [6.45, 7) is 0. The van der Waals surface area contributed by atoms with Crippen molar-refractivity contribution < 1.29 is 4.92 Å². The monoisotopic (exact) mass is 298 g/mol. The lowest BCUT2D eigenvalue weighted by Crippen LogP contribution is -2.10. The molecule has 0 fully saturated rings. The number of nitriles is 1. The molecule has 0 bridgehead atoms. The van der Waals surface area contributed by atoms with Crippen LogP contribution in [0, 0.1) is 21.4 Å². The number of hydrogen-bond acceptors (Lipinski definition) is 4. The van der Waals surface area contributed by atoms with Crippen molar-refractivity contribution in [2.75, 3.05) is 0 Å². The van der Waals surface area contributed by atoms with Crippen molar-refractivity contribution in [2.24, 2.45) is 5.73 Å². The fourth-order valence-corrected chi connectivity index (χ4v) is 1.91. The molecular formula is C14H10N4O2S. The molecule has 0 radical (unpaired) electrons. The number of nitro groups is 1. The third-order valence-electron chi connectivity index (χ3n) is 2.78. The average molecular weight is 298 g/mol. The van der Waals surface area contributed by atoms with Crippen LogP contribution in [0.1, 0.15) is 5.69 Å². The molecule has 0 aliphatic heterocycles. The van der Waals surface area contributed by atoms with Gasteiger partial charge in [0.05, 0.1) is 16.2 Å². The minimum atomic E-state index is -0.460. The van der Waals surface area contributed by atoms with Crippen LogP contribution >= 0.6 is 12.2 Å². The summed E-state index contributed by atoms with van der Waals surface area (Å²) in [5, 5.41) is 19.8. The fraction of sp³-hybridized carbons (Fsp3) is 0. The highest BCUT2D eigenvalue weighted by molar-refractivity contribution is 7.80. The molecule has 0 saturated carbocycles. The van der Waals surface area contributed by atoms with E-state index in [-0.39, 0.29) is 16.2 Å². The summed E-state index contributed by atoms with van der Waals surface area (Å²) in [7, 11) is 0. The van der Waals surface area contributed by atoms with Gasteiger partial charge in [0.2, 0.25) is 0 Å². The molecule has 0 amide bonds. The molecule has 0 atom stereocenters. The maximum atomic E-state index is 10.8. The van der Waals surface area contributed by atoms with Crippen LogP contribution in [0.15, 0.2) is 48.2 Å². The van der Waals surface area contributed by atoms with Crippen LogP contribution in [-0.4, -0.2) is 14.5 Å². The van der Waals surface area contributed by atoms with E-state index in [2.05, 4.69) is 0 Å². The molecule has 0 aliphatic rings. The van der Waals surface area contributed by atoms with E-state index < -0.39 is 4.92 Å². The zero-order valence-corrected chi connectivity index (χ0v) is 11.6. The lowest BCUT2D eigenvalue weighted by Gasteiger charge is -2.06. The van der Waals surface area contributed by atoms with Gasteiger partial charge in [-0.3, -0.25) is 10.1 Å². The maximum Gasteiger partial charge on any atom is 0.271 e. The second kappa shape index (κ2) is 5.98. The molecule has 0 unspecified atom stereocenters. The van der Waals surface area contributed by atoms with E-state index in [0.717, 1.165) is 0 Å². The summed E-state index contributed by atoms with van der Waals surface area (Å²) in [6.07, 6.45) is 3.28. The predicted molar refractivity (Wildman–Crippen MR) is 82.8 cm³/mol. The van der Waals surface area contributed by atoms with E-state index >= 15 is 0 Å². The first kappa shape index (κ1) is 14.4. The van der Waals surface area contributed by atoms with Gasteiger partial charge in [-0.1, -0.05) is 18.3 Å². The van der Waals surface area contributed by atoms with E-state index in [1.54, 1.807) is 41.1 Å². The first-order valence-corrected chi connectivity index (χ1v) is 6.27. The Morgan fingerprint density at radius 1 is 1.43 bits per heavy atom. The number of non-ortho nitro benzene ring substituents is 1.